The summed E-state index contributed by atoms with van der Waals surface area (Å²) in [5, 5.41) is 0. The molecule has 1 unspecified atom stereocenters. The molecule has 0 radical (unpaired) electrons. The zero-order valence-corrected chi connectivity index (χ0v) is 52.2. The van der Waals surface area contributed by atoms with Crippen LogP contribution in [0.25, 0.3) is 0 Å². The van der Waals surface area contributed by atoms with E-state index in [4.69, 9.17) is 14.2 Å². The van der Waals surface area contributed by atoms with Crippen LogP contribution in [0, 0.1) is 0 Å². The molecule has 0 aliphatic carbocycles. The molecule has 0 aromatic carbocycles. The van der Waals surface area contributed by atoms with Gasteiger partial charge in [0.05, 0.1) is 0 Å². The van der Waals surface area contributed by atoms with Gasteiger partial charge in [0, 0.05) is 19.3 Å². The lowest BCUT2D eigenvalue weighted by Gasteiger charge is -2.18. The van der Waals surface area contributed by atoms with Gasteiger partial charge in [0.15, 0.2) is 6.10 Å². The fourth-order valence-electron chi connectivity index (χ4n) is 10.1. The molecule has 0 amide bonds. The van der Waals surface area contributed by atoms with E-state index in [2.05, 4.69) is 81.5 Å². The highest BCUT2D eigenvalue weighted by Crippen LogP contribution is 2.18. The summed E-state index contributed by atoms with van der Waals surface area (Å²) in [6.45, 7) is 6.55. The van der Waals surface area contributed by atoms with E-state index < -0.39 is 6.10 Å². The van der Waals surface area contributed by atoms with Crippen molar-refractivity contribution in [1.82, 2.24) is 0 Å². The van der Waals surface area contributed by atoms with Crippen molar-refractivity contribution in [2.24, 2.45) is 0 Å². The molecule has 1 atom stereocenters. The monoisotopic (exact) mass is 1090 g/mol. The van der Waals surface area contributed by atoms with Crippen LogP contribution in [0.1, 0.15) is 361 Å². The summed E-state index contributed by atoms with van der Waals surface area (Å²) in [6, 6.07) is 0. The molecule has 0 spiro atoms. The first kappa shape index (κ1) is 75.1. The Balaban J connectivity index is 4.14. The lowest BCUT2D eigenvalue weighted by Crippen LogP contribution is -2.30. The molecule has 6 heteroatoms. The predicted octanol–water partition coefficient (Wildman–Crippen LogP) is 23.5. The third-order valence-electron chi connectivity index (χ3n) is 15.3. The summed E-state index contributed by atoms with van der Waals surface area (Å²) < 4.78 is 16.9. The highest BCUT2D eigenvalue weighted by Gasteiger charge is 2.19. The fraction of sp³-hybridized carbons (Fsp3) is 0.819. The van der Waals surface area contributed by atoms with Crippen molar-refractivity contribution in [2.75, 3.05) is 13.2 Å². The Labute approximate surface area is 485 Å². The number of rotatable bonds is 63. The van der Waals surface area contributed by atoms with Crippen molar-refractivity contribution in [2.45, 2.75) is 367 Å². The largest absolute Gasteiger partial charge is 0.462 e. The van der Waals surface area contributed by atoms with Crippen molar-refractivity contribution >= 4 is 17.9 Å². The van der Waals surface area contributed by atoms with Gasteiger partial charge in [-0.15, -0.1) is 0 Å². The number of esters is 3. The average molecular weight is 1090 g/mol. The van der Waals surface area contributed by atoms with Crippen LogP contribution in [0.3, 0.4) is 0 Å². The quantitative estimate of drug-likeness (QED) is 0.0261. The third-order valence-corrected chi connectivity index (χ3v) is 15.3. The van der Waals surface area contributed by atoms with E-state index in [1.54, 1.807) is 0 Å². The molecule has 0 saturated carbocycles. The molecule has 0 aromatic heterocycles. The molecule has 454 valence electrons. The van der Waals surface area contributed by atoms with E-state index in [9.17, 15) is 14.4 Å². The molecule has 78 heavy (non-hydrogen) atoms. The molecule has 0 fully saturated rings. The van der Waals surface area contributed by atoms with E-state index in [1.807, 2.05) is 0 Å². The van der Waals surface area contributed by atoms with Crippen molar-refractivity contribution in [3.63, 3.8) is 0 Å². The number of unbranched alkanes of at least 4 members (excludes halogenated alkanes) is 42. The Morgan fingerprint density at radius 1 is 0.269 bits per heavy atom. The summed E-state index contributed by atoms with van der Waals surface area (Å²) in [6.07, 6.45) is 85.4. The molecule has 0 aliphatic heterocycles. The molecule has 0 saturated heterocycles. The van der Waals surface area contributed by atoms with E-state index in [0.29, 0.717) is 19.3 Å². The maximum absolute atomic E-state index is 12.9. The smallest absolute Gasteiger partial charge is 0.306 e. The molecule has 0 heterocycles. The first-order valence-corrected chi connectivity index (χ1v) is 34.3. The van der Waals surface area contributed by atoms with Crippen LogP contribution in [-0.4, -0.2) is 37.2 Å². The van der Waals surface area contributed by atoms with Gasteiger partial charge in [0.25, 0.3) is 0 Å². The first-order valence-electron chi connectivity index (χ1n) is 34.3. The van der Waals surface area contributed by atoms with Crippen LogP contribution in [0.15, 0.2) is 60.8 Å². The van der Waals surface area contributed by atoms with Crippen LogP contribution in [0.4, 0.5) is 0 Å². The molecule has 6 nitrogen and oxygen atoms in total. The molecule has 0 rings (SSSR count). The van der Waals surface area contributed by atoms with Crippen LogP contribution < -0.4 is 0 Å². The third kappa shape index (κ3) is 63.9. The Bertz CT molecular complexity index is 1390. The summed E-state index contributed by atoms with van der Waals surface area (Å²) in [7, 11) is 0. The first-order chi connectivity index (χ1) is 38.5. The predicted molar refractivity (Wildman–Crippen MR) is 339 cm³/mol. The minimum atomic E-state index is -0.774. The number of allylic oxidation sites excluding steroid dienone is 10. The fourth-order valence-corrected chi connectivity index (χ4v) is 10.1. The van der Waals surface area contributed by atoms with Crippen LogP contribution >= 0.6 is 0 Å². The van der Waals surface area contributed by atoms with Crippen molar-refractivity contribution < 1.29 is 28.6 Å². The van der Waals surface area contributed by atoms with Crippen LogP contribution in [-0.2, 0) is 28.6 Å². The normalized spacial score (nSPS) is 12.4. The lowest BCUT2D eigenvalue weighted by atomic mass is 10.0. The van der Waals surface area contributed by atoms with Crippen LogP contribution in [0.5, 0.6) is 0 Å². The van der Waals surface area contributed by atoms with Gasteiger partial charge in [-0.2, -0.15) is 0 Å². The number of hydrogen-bond donors (Lipinski definition) is 0. The van der Waals surface area contributed by atoms with Gasteiger partial charge in [0.1, 0.15) is 13.2 Å². The van der Waals surface area contributed by atoms with Crippen LogP contribution in [0.2, 0.25) is 0 Å². The van der Waals surface area contributed by atoms with Gasteiger partial charge in [0.2, 0.25) is 0 Å². The van der Waals surface area contributed by atoms with Crippen molar-refractivity contribution in [3.05, 3.63) is 60.8 Å². The summed E-state index contributed by atoms with van der Waals surface area (Å²) in [5.74, 6) is -0.856. The summed E-state index contributed by atoms with van der Waals surface area (Å²) in [5.41, 5.74) is 0. The molecular weight excluding hydrogens is 961 g/mol. The van der Waals surface area contributed by atoms with E-state index >= 15 is 0 Å². The van der Waals surface area contributed by atoms with Crippen molar-refractivity contribution in [1.29, 1.82) is 0 Å². The number of carbonyl (C=O) groups is 3. The average Bonchev–Trinajstić information content (AvgIpc) is 3.44. The Morgan fingerprint density at radius 2 is 0.500 bits per heavy atom. The van der Waals surface area contributed by atoms with Crippen molar-refractivity contribution in [3.8, 4) is 0 Å². The maximum Gasteiger partial charge on any atom is 0.306 e. The molecule has 0 bridgehead atoms. The van der Waals surface area contributed by atoms with Gasteiger partial charge in [-0.25, -0.2) is 0 Å². The van der Waals surface area contributed by atoms with Gasteiger partial charge in [-0.05, 0) is 83.5 Å². The molecular formula is C72H130O6. The summed E-state index contributed by atoms with van der Waals surface area (Å²) in [4.78, 5) is 38.3. The van der Waals surface area contributed by atoms with Gasteiger partial charge in [-0.1, -0.05) is 319 Å². The second kappa shape index (κ2) is 66.6. The molecule has 0 aromatic rings. The van der Waals surface area contributed by atoms with E-state index in [0.717, 1.165) is 89.9 Å². The number of ether oxygens (including phenoxy) is 3. The van der Waals surface area contributed by atoms with Gasteiger partial charge in [-0.3, -0.25) is 14.4 Å². The van der Waals surface area contributed by atoms with Gasteiger partial charge >= 0.3 is 17.9 Å². The minimum Gasteiger partial charge on any atom is -0.462 e. The Hall–Kier alpha value is -2.89. The molecule has 0 N–H and O–H groups in total. The topological polar surface area (TPSA) is 78.9 Å². The molecule has 0 aliphatic rings. The minimum absolute atomic E-state index is 0.0709. The highest BCUT2D eigenvalue weighted by atomic mass is 16.6. The number of carbonyl (C=O) groups excluding carboxylic acids is 3. The highest BCUT2D eigenvalue weighted by molar-refractivity contribution is 5.71. The lowest BCUT2D eigenvalue weighted by molar-refractivity contribution is -0.167. The SMILES string of the molecule is CC/C=C\C/C=C\C/C=C\C/C=C\CCCCCCCCCCCCCCCCCCCCC(=O)OCC(COC(=O)CCCCCCC/C=C\CCCCC)OC(=O)CCCCCCCCCCCCCCCCCCC. The number of hydrogen-bond acceptors (Lipinski definition) is 6. The van der Waals surface area contributed by atoms with Gasteiger partial charge < -0.3 is 14.2 Å². The standard InChI is InChI=1S/C72H130O6/c1-4-7-10-13-16-19-22-25-27-29-30-31-32-33-34-35-36-37-38-39-40-41-42-44-45-47-50-53-56-59-62-65-71(74)77-68-69(67-76-70(73)64-61-58-55-52-49-24-21-18-15-12-9-6-3)78-72(75)66-63-60-57-54-51-48-46-43-28-26-23-20-17-14-11-8-5-2/h7,10,16,18-19,21,25,27,30-31,69H,4-6,8-9,11-15,17,20,22-24,26,28-29,32-68H2,1-3H3/b10-7-,19-16-,21-18-,27-25-,31-30-. The second-order valence-electron chi connectivity index (χ2n) is 23.1. The maximum atomic E-state index is 12.9. The zero-order valence-electron chi connectivity index (χ0n) is 52.2. The Morgan fingerprint density at radius 3 is 0.821 bits per heavy atom. The summed E-state index contributed by atoms with van der Waals surface area (Å²) >= 11 is 0. The van der Waals surface area contributed by atoms with E-state index in [1.165, 1.54) is 231 Å². The van der Waals surface area contributed by atoms with E-state index in [-0.39, 0.29) is 31.1 Å². The second-order valence-corrected chi connectivity index (χ2v) is 23.1. The zero-order chi connectivity index (χ0) is 56.4. The Kier molecular flexibility index (Phi) is 64.2.